The fourth-order valence-corrected chi connectivity index (χ4v) is 3.04. The third kappa shape index (κ3) is 2.46. The molecule has 4 heteroatoms. The molecule has 0 aliphatic heterocycles. The van der Waals surface area contributed by atoms with Crippen LogP contribution >= 0.6 is 0 Å². The summed E-state index contributed by atoms with van der Waals surface area (Å²) in [5.41, 5.74) is 0. The lowest BCUT2D eigenvalue weighted by Crippen LogP contribution is -2.42. The molecular weight excluding hydrogens is 208 g/mol. The van der Waals surface area contributed by atoms with Crippen LogP contribution in [-0.4, -0.2) is 36.0 Å². The van der Waals surface area contributed by atoms with E-state index >= 15 is 0 Å². The van der Waals surface area contributed by atoms with Gasteiger partial charge in [-0.1, -0.05) is 25.0 Å². The largest absolute Gasteiger partial charge is 0.371 e. The molecule has 0 aromatic heterocycles. The molecule has 4 nitrogen and oxygen atoms in total. The molecule has 0 bridgehead atoms. The molecule has 0 saturated heterocycles. The van der Waals surface area contributed by atoms with Crippen LogP contribution in [0, 0.1) is 11.8 Å². The summed E-state index contributed by atoms with van der Waals surface area (Å²) in [7, 11) is 0. The van der Waals surface area contributed by atoms with Crippen molar-refractivity contribution >= 4 is 0 Å². The summed E-state index contributed by atoms with van der Waals surface area (Å²) >= 11 is 0. The second-order valence-corrected chi connectivity index (χ2v) is 4.52. The van der Waals surface area contributed by atoms with E-state index in [1.54, 1.807) is 0 Å². The van der Waals surface area contributed by atoms with Crippen molar-refractivity contribution in [3.63, 3.8) is 0 Å². The molecule has 16 heavy (non-hydrogen) atoms. The highest BCUT2D eigenvalue weighted by molar-refractivity contribution is 5.08. The molecule has 2 aliphatic carbocycles. The normalized spacial score (nSPS) is 38.4. The van der Waals surface area contributed by atoms with Crippen molar-refractivity contribution in [2.24, 2.45) is 11.8 Å². The van der Waals surface area contributed by atoms with Gasteiger partial charge in [-0.2, -0.15) is 0 Å². The fourth-order valence-electron chi connectivity index (χ4n) is 3.04. The Balaban J connectivity index is 2.07. The SMILES string of the molecule is OCOC1C=CC(OCO)C2CCCCC12. The maximum Gasteiger partial charge on any atom is 0.144 e. The molecule has 2 N–H and O–H groups in total. The summed E-state index contributed by atoms with van der Waals surface area (Å²) in [6.45, 7) is -0.465. The van der Waals surface area contributed by atoms with Crippen molar-refractivity contribution < 1.29 is 19.7 Å². The van der Waals surface area contributed by atoms with Crippen LogP contribution in [0.25, 0.3) is 0 Å². The summed E-state index contributed by atoms with van der Waals surface area (Å²) in [4.78, 5) is 0. The third-order valence-electron chi connectivity index (χ3n) is 3.74. The number of hydrogen-bond acceptors (Lipinski definition) is 4. The van der Waals surface area contributed by atoms with Crippen molar-refractivity contribution in [2.75, 3.05) is 13.6 Å². The second-order valence-electron chi connectivity index (χ2n) is 4.52. The van der Waals surface area contributed by atoms with Gasteiger partial charge in [0.25, 0.3) is 0 Å². The molecule has 0 heterocycles. The fraction of sp³-hybridized carbons (Fsp3) is 0.833. The second kappa shape index (κ2) is 5.77. The molecule has 0 spiro atoms. The number of ether oxygens (including phenoxy) is 2. The molecule has 1 fully saturated rings. The maximum atomic E-state index is 8.85. The highest BCUT2D eigenvalue weighted by Crippen LogP contribution is 2.40. The van der Waals surface area contributed by atoms with Gasteiger partial charge in [-0.3, -0.25) is 0 Å². The summed E-state index contributed by atoms with van der Waals surface area (Å²) in [6.07, 6.45) is 8.60. The van der Waals surface area contributed by atoms with Crippen molar-refractivity contribution in [3.8, 4) is 0 Å². The van der Waals surface area contributed by atoms with E-state index in [1.807, 2.05) is 12.2 Å². The van der Waals surface area contributed by atoms with E-state index < -0.39 is 0 Å². The van der Waals surface area contributed by atoms with Gasteiger partial charge < -0.3 is 19.7 Å². The minimum atomic E-state index is -0.232. The molecule has 4 unspecified atom stereocenters. The van der Waals surface area contributed by atoms with Gasteiger partial charge in [0.05, 0.1) is 12.2 Å². The first kappa shape index (κ1) is 12.0. The molecular formula is C12H20O4. The standard InChI is InChI=1S/C12H20O4/c13-7-15-11-5-6-12(16-8-14)10-4-2-1-3-9(10)11/h5-6,9-14H,1-4,7-8H2. The molecule has 1 saturated carbocycles. The predicted octanol–water partition coefficient (Wildman–Crippen LogP) is 1.03. The molecule has 2 aliphatic rings. The van der Waals surface area contributed by atoms with E-state index in [2.05, 4.69) is 0 Å². The average molecular weight is 228 g/mol. The van der Waals surface area contributed by atoms with Gasteiger partial charge in [-0.25, -0.2) is 0 Å². The molecule has 0 aromatic rings. The van der Waals surface area contributed by atoms with Gasteiger partial charge in [-0.05, 0) is 24.7 Å². The lowest BCUT2D eigenvalue weighted by molar-refractivity contribution is -0.114. The Bertz CT molecular complexity index is 217. The maximum absolute atomic E-state index is 8.85. The molecule has 2 rings (SSSR count). The van der Waals surface area contributed by atoms with E-state index in [0.29, 0.717) is 11.8 Å². The minimum Gasteiger partial charge on any atom is -0.371 e. The Kier molecular flexibility index (Phi) is 4.35. The van der Waals surface area contributed by atoms with E-state index in [9.17, 15) is 0 Å². The van der Waals surface area contributed by atoms with E-state index in [4.69, 9.17) is 19.7 Å². The Morgan fingerprint density at radius 2 is 1.31 bits per heavy atom. The zero-order valence-electron chi connectivity index (χ0n) is 9.42. The number of rotatable bonds is 4. The summed E-state index contributed by atoms with van der Waals surface area (Å²) < 4.78 is 10.7. The molecule has 0 amide bonds. The first-order valence-electron chi connectivity index (χ1n) is 6.00. The minimum absolute atomic E-state index is 0.00819. The zero-order chi connectivity index (χ0) is 11.4. The van der Waals surface area contributed by atoms with Crippen LogP contribution in [0.3, 0.4) is 0 Å². The smallest absolute Gasteiger partial charge is 0.144 e. The first-order chi connectivity index (χ1) is 7.86. The van der Waals surface area contributed by atoms with E-state index in [0.717, 1.165) is 12.8 Å². The molecule has 0 aromatic carbocycles. The number of hydrogen-bond donors (Lipinski definition) is 2. The Morgan fingerprint density at radius 3 is 1.69 bits per heavy atom. The Labute approximate surface area is 95.9 Å². The highest BCUT2D eigenvalue weighted by Gasteiger charge is 2.38. The van der Waals surface area contributed by atoms with Gasteiger partial charge >= 0.3 is 0 Å². The summed E-state index contributed by atoms with van der Waals surface area (Å²) in [6, 6.07) is 0. The van der Waals surface area contributed by atoms with Crippen LogP contribution in [0.15, 0.2) is 12.2 Å². The highest BCUT2D eigenvalue weighted by atomic mass is 16.6. The van der Waals surface area contributed by atoms with E-state index in [-0.39, 0.29) is 25.8 Å². The Hall–Kier alpha value is -0.420. The van der Waals surface area contributed by atoms with Crippen molar-refractivity contribution in [3.05, 3.63) is 12.2 Å². The van der Waals surface area contributed by atoms with Crippen molar-refractivity contribution in [2.45, 2.75) is 37.9 Å². The molecule has 0 radical (unpaired) electrons. The van der Waals surface area contributed by atoms with Gasteiger partial charge in [0.15, 0.2) is 0 Å². The van der Waals surface area contributed by atoms with Crippen LogP contribution in [0.5, 0.6) is 0 Å². The Morgan fingerprint density at radius 1 is 0.875 bits per heavy atom. The van der Waals surface area contributed by atoms with Crippen molar-refractivity contribution in [1.82, 2.24) is 0 Å². The van der Waals surface area contributed by atoms with Crippen LogP contribution in [0.4, 0.5) is 0 Å². The average Bonchev–Trinajstić information content (AvgIpc) is 2.33. The van der Waals surface area contributed by atoms with Gasteiger partial charge in [-0.15, -0.1) is 0 Å². The molecule has 92 valence electrons. The molecule has 4 atom stereocenters. The monoisotopic (exact) mass is 228 g/mol. The predicted molar refractivity (Wildman–Crippen MR) is 58.5 cm³/mol. The zero-order valence-corrected chi connectivity index (χ0v) is 9.42. The number of aliphatic hydroxyl groups excluding tert-OH is 2. The summed E-state index contributed by atoms with van der Waals surface area (Å²) in [5, 5.41) is 17.7. The van der Waals surface area contributed by atoms with Gasteiger partial charge in [0.1, 0.15) is 13.6 Å². The number of fused-ring (bicyclic) bond motifs is 1. The van der Waals surface area contributed by atoms with Crippen LogP contribution < -0.4 is 0 Å². The van der Waals surface area contributed by atoms with Crippen LogP contribution in [0.1, 0.15) is 25.7 Å². The van der Waals surface area contributed by atoms with Crippen molar-refractivity contribution in [1.29, 1.82) is 0 Å². The quantitative estimate of drug-likeness (QED) is 0.557. The topological polar surface area (TPSA) is 58.9 Å². The first-order valence-corrected chi connectivity index (χ1v) is 6.00. The lowest BCUT2D eigenvalue weighted by Gasteiger charge is -2.41. The number of aliphatic hydroxyl groups is 2. The third-order valence-corrected chi connectivity index (χ3v) is 3.74. The van der Waals surface area contributed by atoms with Gasteiger partial charge in [0, 0.05) is 0 Å². The van der Waals surface area contributed by atoms with E-state index in [1.165, 1.54) is 12.8 Å². The van der Waals surface area contributed by atoms with Crippen LogP contribution in [-0.2, 0) is 9.47 Å². The lowest BCUT2D eigenvalue weighted by atomic mass is 9.70. The van der Waals surface area contributed by atoms with Crippen LogP contribution in [0.2, 0.25) is 0 Å². The summed E-state index contributed by atoms with van der Waals surface area (Å²) in [5.74, 6) is 0.838. The van der Waals surface area contributed by atoms with Gasteiger partial charge in [0.2, 0.25) is 0 Å².